The van der Waals surface area contributed by atoms with Gasteiger partial charge in [0, 0.05) is 156 Å². The number of ether oxygens (including phenoxy) is 10. The number of carbonyl (C=O) groups excluding carboxylic acids is 5. The van der Waals surface area contributed by atoms with Gasteiger partial charge < -0.3 is 97.4 Å². The summed E-state index contributed by atoms with van der Waals surface area (Å²) < 4.78 is 69.2. The van der Waals surface area contributed by atoms with Gasteiger partial charge in [0.15, 0.2) is 25.7 Å². The largest absolute Gasteiger partial charge is 0.507 e. The monoisotopic (exact) mass is 2060 g/mol. The molecule has 0 saturated carbocycles. The summed E-state index contributed by atoms with van der Waals surface area (Å²) in [6, 6.07) is 25.5. The number of esters is 5. The van der Waals surface area contributed by atoms with Crippen LogP contribution in [0.15, 0.2) is 118 Å². The van der Waals surface area contributed by atoms with Crippen LogP contribution in [0.25, 0.3) is 56.3 Å². The van der Waals surface area contributed by atoms with Crippen LogP contribution in [0.2, 0.25) is 10.0 Å². The van der Waals surface area contributed by atoms with Gasteiger partial charge in [-0.05, 0) is 216 Å². The van der Waals surface area contributed by atoms with Crippen molar-refractivity contribution in [2.45, 2.75) is 208 Å². The number of phenolic OH excluding ortho intramolecular Hbond substituents is 5. The van der Waals surface area contributed by atoms with Gasteiger partial charge in [0.05, 0.1) is 98.6 Å². The highest BCUT2D eigenvalue weighted by atomic mass is 35.5. The molecule has 760 valence electrons. The summed E-state index contributed by atoms with van der Waals surface area (Å²) >= 11 is 19.4. The van der Waals surface area contributed by atoms with Crippen molar-refractivity contribution in [1.29, 1.82) is 0 Å². The van der Waals surface area contributed by atoms with E-state index in [0.29, 0.717) is 141 Å². The van der Waals surface area contributed by atoms with Crippen LogP contribution in [0.1, 0.15) is 147 Å². The SMILES string of the molecule is CO[C@@H]1CN(c2nc(-c3cc(F)ccc3O)cs2)CC[C@@H]1C(=O)OC(C)(C)C.CO[C@@H]1CN(c2nc(-c3cccc(C)c3O)cs2)CC[C@@H]1C(=O)OC(C)(C)C.CO[C@@H]1CN(c2nc(-c3cccc(Cl)c3O)cs2)CC[C@@H]1C(=O)OC(C)(C)C.CO[C@H]1CN(c2nc(-c3cccc(C)c3O)cs2)CC[C@H]1C(=O)OC(C)(C)C.CO[C@H]1CN(c2nc(-c3cccc(Cl)c3O)cs2)CC[C@H]1C(=O)OC(C)(C)C. The summed E-state index contributed by atoms with van der Waals surface area (Å²) in [5.41, 5.74) is 5.44. The number of benzene rings is 5. The zero-order valence-corrected chi connectivity index (χ0v) is 89.0. The molecule has 5 aromatic carbocycles. The number of aromatic hydroxyl groups is 5. The molecule has 0 bridgehead atoms. The Kier molecular flexibility index (Phi) is 37.7. The molecule has 140 heavy (non-hydrogen) atoms. The molecule has 10 atom stereocenters. The minimum absolute atomic E-state index is 0.0170. The molecule has 5 aliphatic heterocycles. The number of anilines is 5. The molecule has 5 N–H and O–H groups in total. The van der Waals surface area contributed by atoms with Crippen LogP contribution in [0.4, 0.5) is 30.0 Å². The van der Waals surface area contributed by atoms with E-state index in [9.17, 15) is 53.9 Å². The Labute approximate surface area is 849 Å². The van der Waals surface area contributed by atoms with Crippen LogP contribution in [0, 0.1) is 49.3 Å². The number of phenols is 5. The first kappa shape index (κ1) is 110. The van der Waals surface area contributed by atoms with Crippen molar-refractivity contribution in [2.75, 3.05) is 125 Å². The van der Waals surface area contributed by atoms with Crippen LogP contribution in [0.3, 0.4) is 0 Å². The third kappa shape index (κ3) is 29.6. The molecule has 0 unspecified atom stereocenters. The fourth-order valence-corrected chi connectivity index (χ4v) is 21.1. The van der Waals surface area contributed by atoms with Crippen LogP contribution in [-0.2, 0) is 71.3 Å². The number of piperidine rings is 5. The van der Waals surface area contributed by atoms with Crippen LogP contribution in [-0.4, -0.2) is 240 Å². The average Bonchev–Trinajstić information content (AvgIpc) is 1.72. The first-order valence-corrected chi connectivity index (χ1v) is 51.4. The number of aryl methyl sites for hydroxylation is 2. The number of thiazole rings is 5. The van der Waals surface area contributed by atoms with E-state index in [1.54, 1.807) is 77.3 Å². The quantitative estimate of drug-likeness (QED) is 0.0349. The Morgan fingerprint density at radius 3 is 0.764 bits per heavy atom. The van der Waals surface area contributed by atoms with Crippen LogP contribution >= 0.6 is 79.9 Å². The maximum atomic E-state index is 13.5. The number of hydrogen-bond donors (Lipinski definition) is 5. The number of halogens is 3. The van der Waals surface area contributed by atoms with E-state index in [4.69, 9.17) is 80.5 Å². The third-order valence-electron chi connectivity index (χ3n) is 23.5. The maximum absolute atomic E-state index is 13.5. The molecule has 10 heterocycles. The van der Waals surface area contributed by atoms with Crippen molar-refractivity contribution < 1.29 is 101 Å². The predicted octanol–water partition coefficient (Wildman–Crippen LogP) is 20.6. The Morgan fingerprint density at radius 2 is 0.543 bits per heavy atom. The van der Waals surface area contributed by atoms with Gasteiger partial charge >= 0.3 is 29.8 Å². The fraction of sp³-hybridized carbons (Fsp3) is 0.510. The number of rotatable bonds is 20. The van der Waals surface area contributed by atoms with E-state index in [1.807, 2.05) is 181 Å². The second-order valence-corrected chi connectivity index (χ2v) is 44.7. The Morgan fingerprint density at radius 1 is 0.329 bits per heavy atom. The minimum Gasteiger partial charge on any atom is -0.507 e. The number of aromatic nitrogens is 5. The van der Waals surface area contributed by atoms with E-state index in [2.05, 4.69) is 34.6 Å². The molecule has 0 radical (unpaired) electrons. The predicted molar refractivity (Wildman–Crippen MR) is 550 cm³/mol. The average molecular weight is 2070 g/mol. The smallest absolute Gasteiger partial charge is 0.312 e. The van der Waals surface area contributed by atoms with E-state index < -0.39 is 33.8 Å². The summed E-state index contributed by atoms with van der Waals surface area (Å²) in [5.74, 6) is -2.44. The summed E-state index contributed by atoms with van der Waals surface area (Å²) in [4.78, 5) is 96.4. The zero-order valence-electron chi connectivity index (χ0n) is 83.4. The lowest BCUT2D eigenvalue weighted by atomic mass is 9.93. The van der Waals surface area contributed by atoms with Gasteiger partial charge in [-0.15, -0.1) is 56.7 Å². The standard InChI is InChI=1S/2C21H28N2O4S.2C20H25ClN2O4S.C20H25FN2O4S/c2*1-13-7-6-8-14(18(13)24)16-12-28-20(22-16)23-10-9-15(17(11-23)26-5)19(25)27-21(2,3)4;2*1-20(2,3)27-18(25)13-8-9-23(10-16(13)26-4)19-22-15(11-28-19)12-6-5-7-14(21)17(12)24;1-20(2,3)27-18(25)13-7-8-23(10-17(13)26-4)19-22-15(11-28-19)14-9-12(21)5-6-16(14)24/h2*6-8,12,15,17,24H,9-11H2,1-5H3;2*5-7,11,13,16,24H,8-10H2,1-4H3;5-6,9,11,13,17,24H,7-8,10H2,1-4H3/t2*15-,17+;2*13-,16+;13-,17+/m10100/s1. The second-order valence-electron chi connectivity index (χ2n) is 39.7. The van der Waals surface area contributed by atoms with Gasteiger partial charge in [-0.25, -0.2) is 29.3 Å². The van der Waals surface area contributed by atoms with E-state index in [0.717, 1.165) is 59.3 Å². The normalized spacial score (nSPS) is 20.2. The van der Waals surface area contributed by atoms with Crippen molar-refractivity contribution in [3.63, 3.8) is 0 Å². The van der Waals surface area contributed by atoms with Crippen molar-refractivity contribution in [1.82, 2.24) is 24.9 Å². The lowest BCUT2D eigenvalue weighted by Crippen LogP contribution is -2.49. The highest BCUT2D eigenvalue weighted by molar-refractivity contribution is 7.15. The molecule has 0 spiro atoms. The first-order chi connectivity index (χ1) is 65.9. The van der Waals surface area contributed by atoms with Gasteiger partial charge in [0.2, 0.25) is 0 Å². The summed E-state index contributed by atoms with van der Waals surface area (Å²) in [6.45, 7) is 37.9. The highest BCUT2D eigenvalue weighted by Crippen LogP contribution is 2.45. The van der Waals surface area contributed by atoms with Gasteiger partial charge in [-0.2, -0.15) is 0 Å². The topological polar surface area (TPSA) is 359 Å². The van der Waals surface area contributed by atoms with Gasteiger partial charge in [-0.3, -0.25) is 24.0 Å². The Hall–Kier alpha value is -10.1. The van der Waals surface area contributed by atoms with Crippen LogP contribution in [0.5, 0.6) is 28.7 Å². The van der Waals surface area contributed by atoms with Crippen molar-refractivity contribution in [2.24, 2.45) is 29.6 Å². The summed E-state index contributed by atoms with van der Waals surface area (Å²) in [7, 11) is 8.07. The fourth-order valence-electron chi connectivity index (χ4n) is 16.4. The molecule has 5 saturated heterocycles. The van der Waals surface area contributed by atoms with Gasteiger partial charge in [0.1, 0.15) is 62.6 Å². The Bertz CT molecular complexity index is 5140. The summed E-state index contributed by atoms with van der Waals surface area (Å²) in [6.07, 6.45) is 1.82. The molecule has 15 rings (SSSR count). The highest BCUT2D eigenvalue weighted by Gasteiger charge is 2.44. The molecule has 5 aliphatic rings. The minimum atomic E-state index is -0.538. The third-order valence-corrected chi connectivity index (χ3v) is 28.6. The number of methoxy groups -OCH3 is 5. The summed E-state index contributed by atoms with van der Waals surface area (Å²) in [5, 5.41) is 65.2. The van der Waals surface area contributed by atoms with Crippen molar-refractivity contribution in [3.8, 4) is 85.0 Å². The van der Waals surface area contributed by atoms with Gasteiger partial charge in [0.25, 0.3) is 0 Å². The number of carbonyl (C=O) groups is 5. The zero-order chi connectivity index (χ0) is 102. The van der Waals surface area contributed by atoms with Gasteiger partial charge in [-0.1, -0.05) is 59.6 Å². The van der Waals surface area contributed by atoms with Crippen LogP contribution < -0.4 is 24.5 Å². The molecular weight excluding hydrogens is 1940 g/mol. The van der Waals surface area contributed by atoms with E-state index in [1.165, 1.54) is 74.9 Å². The lowest BCUT2D eigenvalue weighted by molar-refractivity contribution is -0.166. The molecule has 38 heteroatoms. The molecule has 10 aromatic rings. The number of hydrogen-bond acceptors (Lipinski definition) is 35. The van der Waals surface area contributed by atoms with E-state index in [-0.39, 0.29) is 119 Å². The van der Waals surface area contributed by atoms with E-state index >= 15 is 0 Å². The molecule has 0 amide bonds. The molecule has 30 nitrogen and oxygen atoms in total. The first-order valence-electron chi connectivity index (χ1n) is 46.3. The lowest BCUT2D eigenvalue weighted by Gasteiger charge is -2.37. The Balaban J connectivity index is 0.000000167. The number of nitrogens with zero attached hydrogens (tertiary/aromatic N) is 10. The molecule has 0 aliphatic carbocycles. The molecule has 5 aromatic heterocycles. The maximum Gasteiger partial charge on any atom is 0.312 e. The second kappa shape index (κ2) is 47.9. The molecular formula is C102H131Cl2FN10O20S5. The van der Waals surface area contributed by atoms with Crippen molar-refractivity contribution in [3.05, 3.63) is 145 Å². The van der Waals surface area contributed by atoms with Crippen molar-refractivity contribution >= 4 is 135 Å². The molecule has 5 fully saturated rings. The number of para-hydroxylation sites is 4.